The molecule has 0 bridgehead atoms. The van der Waals surface area contributed by atoms with Crippen LogP contribution in [0.3, 0.4) is 0 Å². The lowest BCUT2D eigenvalue weighted by Crippen LogP contribution is -2.34. The van der Waals surface area contributed by atoms with Crippen LogP contribution in [0.2, 0.25) is 0 Å². The van der Waals surface area contributed by atoms with Crippen LogP contribution in [-0.2, 0) is 6.54 Å². The van der Waals surface area contributed by atoms with Crippen molar-refractivity contribution in [1.82, 2.24) is 9.88 Å². The van der Waals surface area contributed by atoms with Crippen LogP contribution in [-0.4, -0.2) is 37.2 Å². The third kappa shape index (κ3) is 4.30. The lowest BCUT2D eigenvalue weighted by atomic mass is 9.90. The zero-order valence-corrected chi connectivity index (χ0v) is 17.4. The molecule has 2 heterocycles. The Morgan fingerprint density at radius 3 is 2.62 bits per heavy atom. The van der Waals surface area contributed by atoms with Gasteiger partial charge in [0.15, 0.2) is 11.5 Å². The number of hydrogen-bond acceptors (Lipinski definition) is 5. The van der Waals surface area contributed by atoms with Crippen molar-refractivity contribution in [2.45, 2.75) is 32.2 Å². The Hall–Kier alpha value is -2.79. The molecule has 0 aliphatic carbocycles. The number of aromatic nitrogens is 1. The minimum absolute atomic E-state index is 0.586. The quantitative estimate of drug-likeness (QED) is 0.588. The Morgan fingerprint density at radius 1 is 1.07 bits per heavy atom. The van der Waals surface area contributed by atoms with Crippen LogP contribution in [0.15, 0.2) is 52.9 Å². The van der Waals surface area contributed by atoms with Crippen molar-refractivity contribution in [3.05, 3.63) is 65.5 Å². The molecule has 3 aromatic rings. The fourth-order valence-corrected chi connectivity index (χ4v) is 4.08. The molecule has 1 fully saturated rings. The second-order valence-corrected chi connectivity index (χ2v) is 7.58. The first-order chi connectivity index (χ1) is 14.2. The second-order valence-electron chi connectivity index (χ2n) is 7.58. The molecule has 29 heavy (non-hydrogen) atoms. The number of oxazole rings is 1. The molecule has 0 radical (unpaired) electrons. The molecule has 152 valence electrons. The molecular formula is C24H28N2O3. The molecule has 5 heteroatoms. The number of aryl methyl sites for hydroxylation is 1. The Kier molecular flexibility index (Phi) is 5.86. The maximum Gasteiger partial charge on any atom is 0.226 e. The Balaban J connectivity index is 1.50. The van der Waals surface area contributed by atoms with E-state index < -0.39 is 0 Å². The van der Waals surface area contributed by atoms with Crippen molar-refractivity contribution >= 4 is 0 Å². The molecule has 1 saturated heterocycles. The first-order valence-electron chi connectivity index (χ1n) is 10.1. The summed E-state index contributed by atoms with van der Waals surface area (Å²) < 4.78 is 16.7. The van der Waals surface area contributed by atoms with Gasteiger partial charge in [0.25, 0.3) is 0 Å². The van der Waals surface area contributed by atoms with Crippen molar-refractivity contribution in [2.24, 2.45) is 0 Å². The van der Waals surface area contributed by atoms with Gasteiger partial charge in [-0.25, -0.2) is 4.98 Å². The van der Waals surface area contributed by atoms with Gasteiger partial charge in [0.1, 0.15) is 5.76 Å². The lowest BCUT2D eigenvalue weighted by molar-refractivity contribution is 0.197. The molecule has 1 atom stereocenters. The number of benzene rings is 2. The van der Waals surface area contributed by atoms with E-state index in [1.54, 1.807) is 14.2 Å². The molecule has 0 unspecified atom stereocenters. The van der Waals surface area contributed by atoms with Crippen LogP contribution in [0, 0.1) is 6.92 Å². The predicted octanol–water partition coefficient (Wildman–Crippen LogP) is 5.05. The van der Waals surface area contributed by atoms with Gasteiger partial charge in [0.2, 0.25) is 5.89 Å². The fourth-order valence-electron chi connectivity index (χ4n) is 4.08. The molecule has 2 aromatic carbocycles. The summed E-state index contributed by atoms with van der Waals surface area (Å²) in [6, 6.07) is 16.6. The highest BCUT2D eigenvalue weighted by atomic mass is 16.5. The van der Waals surface area contributed by atoms with Gasteiger partial charge in [0, 0.05) is 18.7 Å². The third-order valence-electron chi connectivity index (χ3n) is 5.67. The number of hydrogen-bond donors (Lipinski definition) is 0. The van der Waals surface area contributed by atoms with Crippen LogP contribution in [0.5, 0.6) is 11.5 Å². The molecule has 1 aliphatic rings. The van der Waals surface area contributed by atoms with E-state index in [0.717, 1.165) is 36.7 Å². The molecule has 0 N–H and O–H groups in total. The first-order valence-corrected chi connectivity index (χ1v) is 10.1. The smallest absolute Gasteiger partial charge is 0.226 e. The average molecular weight is 392 g/mol. The summed E-state index contributed by atoms with van der Waals surface area (Å²) in [4.78, 5) is 7.29. The van der Waals surface area contributed by atoms with Crippen LogP contribution in [0.25, 0.3) is 11.5 Å². The lowest BCUT2D eigenvalue weighted by Gasteiger charge is -2.32. The molecule has 0 amide bonds. The number of rotatable bonds is 6. The van der Waals surface area contributed by atoms with E-state index in [2.05, 4.69) is 35.2 Å². The van der Waals surface area contributed by atoms with Crippen LogP contribution >= 0.6 is 0 Å². The van der Waals surface area contributed by atoms with E-state index in [9.17, 15) is 0 Å². The van der Waals surface area contributed by atoms with Gasteiger partial charge in [-0.1, -0.05) is 30.3 Å². The molecule has 1 aromatic heterocycles. The van der Waals surface area contributed by atoms with Crippen LogP contribution in [0.4, 0.5) is 0 Å². The van der Waals surface area contributed by atoms with Gasteiger partial charge in [-0.3, -0.25) is 4.90 Å². The molecule has 1 aliphatic heterocycles. The van der Waals surface area contributed by atoms with E-state index in [4.69, 9.17) is 18.9 Å². The summed E-state index contributed by atoms with van der Waals surface area (Å²) in [7, 11) is 3.26. The number of ether oxygens (including phenoxy) is 2. The van der Waals surface area contributed by atoms with Gasteiger partial charge >= 0.3 is 0 Å². The maximum absolute atomic E-state index is 5.99. The van der Waals surface area contributed by atoms with Gasteiger partial charge in [0.05, 0.1) is 19.9 Å². The molecule has 4 rings (SSSR count). The predicted molar refractivity (Wildman–Crippen MR) is 113 cm³/mol. The second kappa shape index (κ2) is 8.70. The molecular weight excluding hydrogens is 364 g/mol. The van der Waals surface area contributed by atoms with Crippen LogP contribution in [0.1, 0.15) is 35.8 Å². The topological polar surface area (TPSA) is 47.7 Å². The summed E-state index contributed by atoms with van der Waals surface area (Å²) >= 11 is 0. The normalized spacial score (nSPS) is 17.3. The summed E-state index contributed by atoms with van der Waals surface area (Å²) in [5.41, 5.74) is 3.32. The minimum Gasteiger partial charge on any atom is -0.493 e. The van der Waals surface area contributed by atoms with Crippen LogP contribution < -0.4 is 9.47 Å². The molecule has 5 nitrogen and oxygen atoms in total. The summed E-state index contributed by atoms with van der Waals surface area (Å²) in [6.07, 6.45) is 2.45. The van der Waals surface area contributed by atoms with Crippen molar-refractivity contribution in [3.8, 4) is 23.0 Å². The van der Waals surface area contributed by atoms with E-state index in [1.807, 2.05) is 25.1 Å². The summed E-state index contributed by atoms with van der Waals surface area (Å²) in [6.45, 7) is 4.96. The maximum atomic E-state index is 5.99. The number of nitrogens with zero attached hydrogens (tertiary/aromatic N) is 2. The Bertz CT molecular complexity index is 952. The highest BCUT2D eigenvalue weighted by Gasteiger charge is 2.23. The molecule has 0 spiro atoms. The van der Waals surface area contributed by atoms with E-state index in [-0.39, 0.29) is 0 Å². The zero-order valence-electron chi connectivity index (χ0n) is 17.4. The zero-order chi connectivity index (χ0) is 20.2. The van der Waals surface area contributed by atoms with Gasteiger partial charge < -0.3 is 13.9 Å². The Labute approximate surface area is 172 Å². The van der Waals surface area contributed by atoms with Gasteiger partial charge in [-0.2, -0.15) is 0 Å². The highest BCUT2D eigenvalue weighted by molar-refractivity contribution is 5.60. The summed E-state index contributed by atoms with van der Waals surface area (Å²) in [5, 5.41) is 0. The molecule has 0 saturated carbocycles. The van der Waals surface area contributed by atoms with Crippen molar-refractivity contribution in [3.63, 3.8) is 0 Å². The SMILES string of the molecule is COc1ccc(-c2nc(CN3CCC[C@H](c4ccccc4)C3)c(C)o2)cc1OC. The number of piperidine rings is 1. The van der Waals surface area contributed by atoms with E-state index in [1.165, 1.54) is 18.4 Å². The number of methoxy groups -OCH3 is 2. The summed E-state index contributed by atoms with van der Waals surface area (Å²) in [5.74, 6) is 3.44. The average Bonchev–Trinajstić information content (AvgIpc) is 3.14. The van der Waals surface area contributed by atoms with E-state index in [0.29, 0.717) is 23.3 Å². The van der Waals surface area contributed by atoms with Crippen molar-refractivity contribution in [2.75, 3.05) is 27.3 Å². The van der Waals surface area contributed by atoms with Crippen molar-refractivity contribution < 1.29 is 13.9 Å². The van der Waals surface area contributed by atoms with Gasteiger partial charge in [-0.15, -0.1) is 0 Å². The highest BCUT2D eigenvalue weighted by Crippen LogP contribution is 2.33. The fraction of sp³-hybridized carbons (Fsp3) is 0.375. The largest absolute Gasteiger partial charge is 0.493 e. The van der Waals surface area contributed by atoms with Crippen molar-refractivity contribution in [1.29, 1.82) is 0 Å². The minimum atomic E-state index is 0.586. The van der Waals surface area contributed by atoms with E-state index >= 15 is 0 Å². The van der Waals surface area contributed by atoms with Gasteiger partial charge in [-0.05, 0) is 56.0 Å². The Morgan fingerprint density at radius 2 is 1.86 bits per heavy atom. The monoisotopic (exact) mass is 392 g/mol. The standard InChI is InChI=1S/C24H28N2O3/c1-17-21(16-26-13-7-10-20(15-26)18-8-5-4-6-9-18)25-24(29-17)19-11-12-22(27-2)23(14-19)28-3/h4-6,8-9,11-12,14,20H,7,10,13,15-16H2,1-3H3/t20-/m0/s1. The first kappa shape index (κ1) is 19.5. The number of likely N-dealkylation sites (tertiary alicyclic amines) is 1. The third-order valence-corrected chi connectivity index (χ3v) is 5.67.